The highest BCUT2D eigenvalue weighted by molar-refractivity contribution is 5.85. The van der Waals surface area contributed by atoms with E-state index in [2.05, 4.69) is 10.3 Å². The molecule has 1 saturated carbocycles. The van der Waals surface area contributed by atoms with E-state index < -0.39 is 5.97 Å². The fourth-order valence-corrected chi connectivity index (χ4v) is 1.83. The number of carboxylic acid groups (broad SMARTS) is 1. The summed E-state index contributed by atoms with van der Waals surface area (Å²) in [7, 11) is 0. The number of nitrogens with one attached hydrogen (secondary N) is 1. The Balaban J connectivity index is 1.78. The Morgan fingerprint density at radius 2 is 2.31 bits per heavy atom. The monoisotopic (exact) mass is 220 g/mol. The lowest BCUT2D eigenvalue weighted by Gasteiger charge is -2.25. The quantitative estimate of drug-likeness (QED) is 0.799. The summed E-state index contributed by atoms with van der Waals surface area (Å²) in [5, 5.41) is 11.9. The van der Waals surface area contributed by atoms with Crippen molar-refractivity contribution in [3.8, 4) is 0 Å². The van der Waals surface area contributed by atoms with Crippen LogP contribution in [0.5, 0.6) is 0 Å². The molecule has 0 unspecified atom stereocenters. The minimum atomic E-state index is -0.985. The summed E-state index contributed by atoms with van der Waals surface area (Å²) in [6.07, 6.45) is 6.86. The van der Waals surface area contributed by atoms with Crippen LogP contribution in [0.3, 0.4) is 0 Å². The fraction of sp³-hybridized carbons (Fsp3) is 0.500. The molecule has 1 aliphatic carbocycles. The second kappa shape index (κ2) is 4.96. The molecule has 86 valence electrons. The fourth-order valence-electron chi connectivity index (χ4n) is 1.83. The summed E-state index contributed by atoms with van der Waals surface area (Å²) in [4.78, 5) is 14.4. The van der Waals surface area contributed by atoms with Crippen molar-refractivity contribution >= 4 is 11.7 Å². The number of aromatic nitrogens is 1. The molecule has 0 atom stereocenters. The first-order chi connectivity index (χ1) is 7.75. The largest absolute Gasteiger partial charge is 0.477 e. The van der Waals surface area contributed by atoms with Gasteiger partial charge < -0.3 is 10.4 Å². The Morgan fingerprint density at radius 3 is 2.81 bits per heavy atom. The third-order valence-electron chi connectivity index (χ3n) is 3.09. The van der Waals surface area contributed by atoms with E-state index >= 15 is 0 Å². The third-order valence-corrected chi connectivity index (χ3v) is 3.09. The zero-order chi connectivity index (χ0) is 11.4. The van der Waals surface area contributed by atoms with Gasteiger partial charge in [0.15, 0.2) is 0 Å². The van der Waals surface area contributed by atoms with Crippen molar-refractivity contribution in [2.45, 2.75) is 25.7 Å². The van der Waals surface area contributed by atoms with Gasteiger partial charge in [-0.15, -0.1) is 0 Å². The first kappa shape index (κ1) is 10.9. The molecule has 0 radical (unpaired) electrons. The lowest BCUT2D eigenvalue weighted by atomic mass is 9.83. The number of aromatic carboxylic acids is 1. The second-order valence-corrected chi connectivity index (χ2v) is 4.25. The van der Waals surface area contributed by atoms with Gasteiger partial charge >= 0.3 is 5.97 Å². The normalized spacial score (nSPS) is 15.5. The maximum absolute atomic E-state index is 10.6. The van der Waals surface area contributed by atoms with Crippen LogP contribution in [-0.4, -0.2) is 22.6 Å². The molecule has 0 amide bonds. The van der Waals surface area contributed by atoms with Crippen molar-refractivity contribution in [3.05, 3.63) is 24.0 Å². The number of pyridine rings is 1. The lowest BCUT2D eigenvalue weighted by molar-refractivity contribution is 0.0690. The highest BCUT2D eigenvalue weighted by Crippen LogP contribution is 2.29. The Hall–Kier alpha value is -1.58. The molecule has 4 heteroatoms. The predicted molar refractivity (Wildman–Crippen MR) is 61.6 cm³/mol. The minimum absolute atomic E-state index is 0.0875. The first-order valence-electron chi connectivity index (χ1n) is 5.69. The van der Waals surface area contributed by atoms with Gasteiger partial charge in [-0.05, 0) is 24.5 Å². The van der Waals surface area contributed by atoms with E-state index in [4.69, 9.17) is 5.11 Å². The Kier molecular flexibility index (Phi) is 3.39. The molecule has 1 aliphatic rings. The van der Waals surface area contributed by atoms with Gasteiger partial charge in [0.1, 0.15) is 5.69 Å². The number of rotatable bonds is 5. The summed E-state index contributed by atoms with van der Waals surface area (Å²) in [5.41, 5.74) is 0.980. The summed E-state index contributed by atoms with van der Waals surface area (Å²) >= 11 is 0. The molecular weight excluding hydrogens is 204 g/mol. The van der Waals surface area contributed by atoms with Gasteiger partial charge in [-0.25, -0.2) is 9.78 Å². The molecule has 1 aromatic rings. The summed E-state index contributed by atoms with van der Waals surface area (Å²) in [6, 6.07) is 3.28. The maximum atomic E-state index is 10.6. The summed E-state index contributed by atoms with van der Waals surface area (Å²) in [6.45, 7) is 0.943. The van der Waals surface area contributed by atoms with Gasteiger partial charge in [0.05, 0.1) is 11.9 Å². The van der Waals surface area contributed by atoms with Gasteiger partial charge in [0, 0.05) is 6.54 Å². The molecule has 0 aromatic carbocycles. The molecule has 0 saturated heterocycles. The van der Waals surface area contributed by atoms with Crippen LogP contribution in [0.15, 0.2) is 18.3 Å². The van der Waals surface area contributed by atoms with E-state index in [9.17, 15) is 4.79 Å². The van der Waals surface area contributed by atoms with Crippen molar-refractivity contribution in [3.63, 3.8) is 0 Å². The number of hydrogen-bond acceptors (Lipinski definition) is 3. The molecular formula is C12H16N2O2. The van der Waals surface area contributed by atoms with Crippen molar-refractivity contribution < 1.29 is 9.90 Å². The summed E-state index contributed by atoms with van der Waals surface area (Å²) in [5.74, 6) is -0.0974. The molecule has 0 spiro atoms. The molecule has 16 heavy (non-hydrogen) atoms. The number of carbonyl (C=O) groups is 1. The molecule has 1 fully saturated rings. The molecule has 0 bridgehead atoms. The van der Waals surface area contributed by atoms with E-state index in [-0.39, 0.29) is 5.69 Å². The van der Waals surface area contributed by atoms with Gasteiger partial charge in [-0.1, -0.05) is 19.3 Å². The van der Waals surface area contributed by atoms with Gasteiger partial charge in [-0.3, -0.25) is 0 Å². The Morgan fingerprint density at radius 1 is 1.50 bits per heavy atom. The molecule has 1 heterocycles. The zero-order valence-electron chi connectivity index (χ0n) is 9.15. The van der Waals surface area contributed by atoms with Crippen molar-refractivity contribution in [1.82, 2.24) is 4.98 Å². The molecule has 1 aromatic heterocycles. The van der Waals surface area contributed by atoms with Crippen molar-refractivity contribution in [1.29, 1.82) is 0 Å². The van der Waals surface area contributed by atoms with Crippen LogP contribution in [0.2, 0.25) is 0 Å². The third kappa shape index (κ3) is 2.72. The molecule has 0 aliphatic heterocycles. The number of carboxylic acids is 1. The molecule has 4 nitrogen and oxygen atoms in total. The highest BCUT2D eigenvalue weighted by Gasteiger charge is 2.16. The smallest absolute Gasteiger partial charge is 0.354 e. The van der Waals surface area contributed by atoms with E-state index in [1.165, 1.54) is 31.7 Å². The first-order valence-corrected chi connectivity index (χ1v) is 5.69. The van der Waals surface area contributed by atoms with Gasteiger partial charge in [0.2, 0.25) is 0 Å². The van der Waals surface area contributed by atoms with Gasteiger partial charge in [-0.2, -0.15) is 0 Å². The van der Waals surface area contributed by atoms with Crippen LogP contribution in [-0.2, 0) is 0 Å². The van der Waals surface area contributed by atoms with E-state index in [0.29, 0.717) is 0 Å². The van der Waals surface area contributed by atoms with Gasteiger partial charge in [0.25, 0.3) is 0 Å². The highest BCUT2D eigenvalue weighted by atomic mass is 16.4. The number of hydrogen-bond donors (Lipinski definition) is 2. The maximum Gasteiger partial charge on any atom is 0.354 e. The van der Waals surface area contributed by atoms with Crippen molar-refractivity contribution in [2.24, 2.45) is 5.92 Å². The number of anilines is 1. The second-order valence-electron chi connectivity index (χ2n) is 4.25. The van der Waals surface area contributed by atoms with Crippen LogP contribution < -0.4 is 5.32 Å². The average Bonchev–Trinajstić information content (AvgIpc) is 2.22. The average molecular weight is 220 g/mol. The minimum Gasteiger partial charge on any atom is -0.477 e. The number of nitrogens with zero attached hydrogens (tertiary/aromatic N) is 1. The Labute approximate surface area is 94.7 Å². The van der Waals surface area contributed by atoms with Crippen LogP contribution in [0.25, 0.3) is 0 Å². The van der Waals surface area contributed by atoms with E-state index in [1.54, 1.807) is 12.3 Å². The zero-order valence-corrected chi connectivity index (χ0v) is 9.15. The molecule has 2 rings (SSSR count). The lowest BCUT2D eigenvalue weighted by Crippen LogP contribution is -2.15. The van der Waals surface area contributed by atoms with Crippen LogP contribution in [0.1, 0.15) is 36.2 Å². The van der Waals surface area contributed by atoms with Crippen molar-refractivity contribution in [2.75, 3.05) is 11.9 Å². The van der Waals surface area contributed by atoms with Crippen LogP contribution in [0, 0.1) is 5.92 Å². The van der Waals surface area contributed by atoms with E-state index in [0.717, 1.165) is 18.2 Å². The molecule has 2 N–H and O–H groups in total. The topological polar surface area (TPSA) is 62.2 Å². The SMILES string of the molecule is O=C(O)c1ccc(NCCC2CCC2)cn1. The Bertz CT molecular complexity index is 358. The standard InChI is InChI=1S/C12H16N2O2/c15-12(16)11-5-4-10(8-14-11)13-7-6-9-2-1-3-9/h4-5,8-9,13H,1-3,6-7H2,(H,15,16). The summed E-state index contributed by atoms with van der Waals surface area (Å²) < 4.78 is 0. The van der Waals surface area contributed by atoms with E-state index in [1.807, 2.05) is 0 Å². The predicted octanol–water partition coefficient (Wildman–Crippen LogP) is 2.38. The van der Waals surface area contributed by atoms with Crippen LogP contribution >= 0.6 is 0 Å². The van der Waals surface area contributed by atoms with Crippen LogP contribution in [0.4, 0.5) is 5.69 Å².